The highest BCUT2D eigenvalue weighted by atomic mass is 16.5. The number of piperazine rings is 2. The van der Waals surface area contributed by atoms with E-state index >= 15 is 0 Å². The molecule has 4 N–H and O–H groups in total. The topological polar surface area (TPSA) is 492 Å². The van der Waals surface area contributed by atoms with Crippen LogP contribution in [0.4, 0.5) is 12.0 Å². The number of nitrogens with one attached hydrogen (secondary N) is 3. The molecule has 1 atom stereocenters. The van der Waals surface area contributed by atoms with Crippen LogP contribution in [0.2, 0.25) is 0 Å². The Morgan fingerprint density at radius 1 is 0.430 bits per heavy atom. The minimum Gasteiger partial charge on any atom is -0.481 e. The van der Waals surface area contributed by atoms with Crippen LogP contribution in [0.15, 0.2) is 52.8 Å². The summed E-state index contributed by atoms with van der Waals surface area (Å²) in [6.45, 7) is 48.8. The summed E-state index contributed by atoms with van der Waals surface area (Å²) in [5, 5.41) is 53.8. The van der Waals surface area contributed by atoms with Gasteiger partial charge in [0, 0.05) is 155 Å². The second kappa shape index (κ2) is 58.4. The molecule has 0 bridgehead atoms. The van der Waals surface area contributed by atoms with E-state index in [0.29, 0.717) is 131 Å². The number of Topliss-reactive ketones (excluding diaryl/α,β-unsaturated/α-hetero) is 2. The number of carbonyl (C=O) groups excluding carboxylic acids is 4. The Kier molecular flexibility index (Phi) is 47.2. The number of anilines is 2. The summed E-state index contributed by atoms with van der Waals surface area (Å²) in [5.74, 6) is 16.3. The molecule has 9 aromatic rings. The predicted molar refractivity (Wildman–Crippen MR) is 564 cm³/mol. The average Bonchev–Trinajstić information content (AvgIpc) is 1.65. The lowest BCUT2D eigenvalue weighted by molar-refractivity contribution is -0.156. The van der Waals surface area contributed by atoms with E-state index in [0.717, 1.165) is 278 Å². The molecule has 0 aromatic carbocycles. The number of carbonyl (C=O) groups is 5. The number of hydrogen-bond acceptors (Lipinski definition) is 37. The van der Waals surface area contributed by atoms with Gasteiger partial charge in [-0.1, -0.05) is 135 Å². The van der Waals surface area contributed by atoms with Gasteiger partial charge in [-0.15, -0.1) is 0 Å². The zero-order valence-electron chi connectivity index (χ0n) is 91.5. The van der Waals surface area contributed by atoms with Crippen molar-refractivity contribution in [2.24, 2.45) is 46.3 Å². The number of rotatable bonds is 23. The zero-order valence-corrected chi connectivity index (χ0v) is 91.5. The van der Waals surface area contributed by atoms with Crippen molar-refractivity contribution in [3.63, 3.8) is 0 Å². The normalized spacial score (nSPS) is 23.9. The van der Waals surface area contributed by atoms with E-state index in [1.807, 2.05) is 83.1 Å². The average molecular weight is 2080 g/mol. The van der Waals surface area contributed by atoms with Gasteiger partial charge in [0.1, 0.15) is 23.1 Å². The minimum atomic E-state index is -0.648. The molecule has 0 radical (unpaired) electrons. The van der Waals surface area contributed by atoms with Crippen molar-refractivity contribution in [1.29, 1.82) is 0 Å². The number of aliphatic carboxylic acids is 1. The zero-order chi connectivity index (χ0) is 105. The fourth-order valence-electron chi connectivity index (χ4n) is 21.4. The van der Waals surface area contributed by atoms with Crippen LogP contribution in [0, 0.1) is 109 Å². The van der Waals surface area contributed by atoms with Gasteiger partial charge >= 0.3 is 18.0 Å². The molecular formula is C109H178N24O16. The van der Waals surface area contributed by atoms with Crippen LogP contribution in [0.1, 0.15) is 398 Å². The summed E-state index contributed by atoms with van der Waals surface area (Å²) in [6, 6.07) is 6.05. The molecule has 7 saturated carbocycles. The largest absolute Gasteiger partial charge is 0.481 e. The maximum absolute atomic E-state index is 12.1. The quantitative estimate of drug-likeness (QED) is 0.0462. The fraction of sp³-hybridized carbons (Fsp3) is 0.771. The monoisotopic (exact) mass is 2080 g/mol. The standard InChI is InChI=1S/C16H25N3O4.C16H24N2O2.C15H25N3O2.C13H21N3O2.C11H16N2O2.C11H17NO.C10H16N2O.C8H14N4O.C7H12N4O.2CH4/c1-12-17-13(23-18-12)16(11-22-2)6-8-19(9-7-16)10-15(14(20)21)4-3-5-15;1-12-10-15(20-17-12)14-4-8-18(9-5-14)11-16(13(2)19)6-3-7-16;1-9(2)10(3)14(19)17-13-7-5-12(6-8-13)15-16-11(4)18-20-15;1-8(2)12(17)15-11-6-4-10(5-7-11)13-14-9(3)16-18-13;1-7(14)9-3-5-10(6-4-9)11-12-8(2)13-15-11;1-8-3-5-10(6-4-8)11-7-9(2)13-12-11;1-7-3-5-9(6-4-7)10-11-8(2)12-13-10;1-7-9-8(13-10-7)12-5-3-11(2)4-6-12;1-6-9-7(12-10-6)11-4-2-8-3-5-11;;/h3-11H2,1-2H3,(H,20,21);10,14H,3-9,11H2,1-2H3;9-10,12-13H,5-8H2,1-4H3,(H,17,19);8,10-11H,4-7H2,1-3H3,(H,15,17);9-10H,3-6H2,1-2H3;7-8,10H,3-6H2,1-2H3;7,9H,3-6H2,1-2H3;3-6H2,1-2H3;8H,2-5H2,1H3;2*1H4. The van der Waals surface area contributed by atoms with Gasteiger partial charge in [-0.05, 0) is 294 Å². The molecule has 13 heterocycles. The second-order valence-corrected chi connectivity index (χ2v) is 44.4. The van der Waals surface area contributed by atoms with Crippen LogP contribution in [-0.4, -0.2) is 255 Å². The van der Waals surface area contributed by atoms with E-state index in [-0.39, 0.29) is 55.3 Å². The highest BCUT2D eigenvalue weighted by molar-refractivity contribution is 5.83. The lowest BCUT2D eigenvalue weighted by atomic mass is 9.66. The number of carboxylic acids is 1. The molecule has 149 heavy (non-hydrogen) atoms. The van der Waals surface area contributed by atoms with Gasteiger partial charge in [0.15, 0.2) is 40.8 Å². The molecule has 11 fully saturated rings. The number of aryl methyl sites for hydroxylation is 9. The molecule has 4 aliphatic heterocycles. The van der Waals surface area contributed by atoms with Crippen molar-refractivity contribution < 1.29 is 74.5 Å². The molecule has 20 rings (SSSR count). The van der Waals surface area contributed by atoms with Gasteiger partial charge in [-0.25, -0.2) is 0 Å². The minimum absolute atomic E-state index is 0. The van der Waals surface area contributed by atoms with Crippen molar-refractivity contribution >= 4 is 41.4 Å². The summed E-state index contributed by atoms with van der Waals surface area (Å²) >= 11 is 0. The van der Waals surface area contributed by atoms with Gasteiger partial charge in [0.25, 0.3) is 0 Å². The lowest BCUT2D eigenvalue weighted by Crippen LogP contribution is -2.52. The summed E-state index contributed by atoms with van der Waals surface area (Å²) in [4.78, 5) is 99.4. The third-order valence-corrected chi connectivity index (χ3v) is 32.0. The summed E-state index contributed by atoms with van der Waals surface area (Å²) < 4.78 is 52.2. The fourth-order valence-corrected chi connectivity index (χ4v) is 21.4. The van der Waals surface area contributed by atoms with Crippen LogP contribution in [0.25, 0.3) is 0 Å². The molecule has 2 amide bonds. The number of ketones is 2. The van der Waals surface area contributed by atoms with Crippen molar-refractivity contribution in [2.75, 3.05) is 122 Å². The molecule has 40 nitrogen and oxygen atoms in total. The van der Waals surface area contributed by atoms with E-state index in [1.54, 1.807) is 21.0 Å². The molecule has 11 aliphatic rings. The highest BCUT2D eigenvalue weighted by Gasteiger charge is 2.49. The third-order valence-electron chi connectivity index (χ3n) is 32.0. The molecule has 40 heteroatoms. The van der Waals surface area contributed by atoms with Crippen molar-refractivity contribution in [1.82, 2.24) is 112 Å². The molecule has 830 valence electrons. The molecular weight excluding hydrogens is 1900 g/mol. The smallest absolute Gasteiger partial charge is 0.324 e. The predicted octanol–water partition coefficient (Wildman–Crippen LogP) is 18.9. The van der Waals surface area contributed by atoms with Crippen molar-refractivity contribution in [2.45, 2.75) is 385 Å². The number of amides is 2. The van der Waals surface area contributed by atoms with Gasteiger partial charge < -0.3 is 91.0 Å². The first kappa shape index (κ1) is 120. The molecule has 7 aliphatic carbocycles. The number of piperidine rings is 2. The highest BCUT2D eigenvalue weighted by Crippen LogP contribution is 2.47. The lowest BCUT2D eigenvalue weighted by Gasteiger charge is -2.45. The Labute approximate surface area is 882 Å². The van der Waals surface area contributed by atoms with Gasteiger partial charge in [0.2, 0.25) is 41.3 Å². The third kappa shape index (κ3) is 36.1. The van der Waals surface area contributed by atoms with Crippen LogP contribution in [0.3, 0.4) is 0 Å². The number of likely N-dealkylation sites (tertiary alicyclic amines) is 2. The summed E-state index contributed by atoms with van der Waals surface area (Å²) in [7, 11) is 3.81. The molecule has 0 spiro atoms. The van der Waals surface area contributed by atoms with Gasteiger partial charge in [-0.3, -0.25) is 24.0 Å². The number of hydrogen-bond donors (Lipinski definition) is 4. The Morgan fingerprint density at radius 2 is 0.832 bits per heavy atom. The maximum atomic E-state index is 12.1. The first-order valence-corrected chi connectivity index (χ1v) is 54.6. The summed E-state index contributed by atoms with van der Waals surface area (Å²) in [6.07, 6.45) is 32.1. The van der Waals surface area contributed by atoms with E-state index in [4.69, 9.17) is 45.4 Å². The first-order valence-electron chi connectivity index (χ1n) is 54.6. The number of likely N-dealkylation sites (N-methyl/N-ethyl adjacent to an activating group) is 1. The maximum Gasteiger partial charge on any atom is 0.324 e. The van der Waals surface area contributed by atoms with Crippen molar-refractivity contribution in [3.05, 3.63) is 105 Å². The Hall–Kier alpha value is -10.4. The van der Waals surface area contributed by atoms with Crippen LogP contribution < -0.4 is 25.8 Å². The molecule has 4 saturated heterocycles. The Balaban J connectivity index is 0.000000172. The van der Waals surface area contributed by atoms with Gasteiger partial charge in [-0.2, -0.15) is 34.9 Å². The van der Waals surface area contributed by atoms with E-state index < -0.39 is 11.4 Å². The van der Waals surface area contributed by atoms with E-state index in [2.05, 4.69) is 169 Å². The van der Waals surface area contributed by atoms with Crippen LogP contribution in [-0.2, 0) is 34.1 Å². The number of methoxy groups -OCH3 is 1. The molecule has 1 unspecified atom stereocenters. The number of carboxylic acid groups (broad SMARTS) is 1. The number of nitrogens with zero attached hydrogens (tertiary/aromatic N) is 21. The van der Waals surface area contributed by atoms with Gasteiger partial charge in [0.05, 0.1) is 28.8 Å². The Bertz CT molecular complexity index is 5240. The molecule has 9 aromatic heterocycles. The van der Waals surface area contributed by atoms with Crippen molar-refractivity contribution in [3.8, 4) is 0 Å². The SMILES string of the molecule is C.C.CC(=O)C1(CN2CCC(c3cc(C)no3)CC2)CCC1.CC(=O)C1CCC(c2nc(C)no2)CC1.COCC1(c2nc(C)no2)CCN(CC2(C(=O)O)CCC2)CC1.Cc1cc(C2CCC(C)CC2)no1.Cc1noc(C2CCC(C)CC2)n1.Cc1noc(C2CCC(NC(=O)C(C)C(C)C)CC2)n1.Cc1noc(C2CCC(NC(=O)C(C)C)CC2)n1.Cc1noc(N2CCN(C)CC2)n1.Cc1noc(N2CCNCC2)n1. The summed E-state index contributed by atoms with van der Waals surface area (Å²) in [5.41, 5.74) is 1.34. The van der Waals surface area contributed by atoms with Crippen LogP contribution in [0.5, 0.6) is 0 Å². The van der Waals surface area contributed by atoms with E-state index in [1.165, 1.54) is 63.5 Å². The first-order chi connectivity index (χ1) is 70.4. The van der Waals surface area contributed by atoms with Crippen LogP contribution >= 0.6 is 0 Å². The number of aromatic nitrogens is 16. The van der Waals surface area contributed by atoms with E-state index in [9.17, 15) is 29.1 Å². The number of ether oxygens (including phenoxy) is 1. The Morgan fingerprint density at radius 3 is 1.19 bits per heavy atom. The second-order valence-electron chi connectivity index (χ2n) is 44.4.